The second-order valence-electron chi connectivity index (χ2n) is 5.60. The van der Waals surface area contributed by atoms with Gasteiger partial charge in [-0.3, -0.25) is 4.79 Å². The van der Waals surface area contributed by atoms with Crippen LogP contribution in [0.5, 0.6) is 0 Å². The summed E-state index contributed by atoms with van der Waals surface area (Å²) < 4.78 is 1.22. The molecule has 18 heavy (non-hydrogen) atoms. The number of benzene rings is 1. The average Bonchev–Trinajstić information content (AvgIpc) is 2.82. The third-order valence-corrected chi connectivity index (χ3v) is 5.19. The first-order chi connectivity index (χ1) is 8.71. The third kappa shape index (κ3) is 1.89. The van der Waals surface area contributed by atoms with Crippen LogP contribution >= 0.6 is 11.3 Å². The Balaban J connectivity index is 2.01. The molecule has 1 nitrogen and oxygen atoms in total. The fraction of sp³-hybridized carbons (Fsp3) is 0.438. The van der Waals surface area contributed by atoms with Gasteiger partial charge in [-0.15, -0.1) is 11.3 Å². The topological polar surface area (TPSA) is 17.1 Å². The highest BCUT2D eigenvalue weighted by molar-refractivity contribution is 7.17. The minimum atomic E-state index is -0.123. The van der Waals surface area contributed by atoms with Crippen molar-refractivity contribution in [2.75, 3.05) is 0 Å². The van der Waals surface area contributed by atoms with Gasteiger partial charge in [0.15, 0.2) is 5.78 Å². The summed E-state index contributed by atoms with van der Waals surface area (Å²) >= 11 is 1.68. The lowest BCUT2D eigenvalue weighted by molar-refractivity contribution is 0.0752. The smallest absolute Gasteiger partial charge is 0.170 e. The van der Waals surface area contributed by atoms with Crippen LogP contribution in [0.15, 0.2) is 29.6 Å². The maximum atomic E-state index is 12.8. The van der Waals surface area contributed by atoms with Crippen LogP contribution in [0.2, 0.25) is 0 Å². The van der Waals surface area contributed by atoms with Gasteiger partial charge in [-0.05, 0) is 18.9 Å². The molecule has 1 fully saturated rings. The molecule has 1 aliphatic rings. The van der Waals surface area contributed by atoms with E-state index < -0.39 is 0 Å². The van der Waals surface area contributed by atoms with Gasteiger partial charge < -0.3 is 0 Å². The summed E-state index contributed by atoms with van der Waals surface area (Å²) in [6, 6.07) is 8.23. The normalized spacial score (nSPS) is 18.9. The van der Waals surface area contributed by atoms with E-state index >= 15 is 0 Å². The summed E-state index contributed by atoms with van der Waals surface area (Å²) in [6.45, 7) is 2.15. The van der Waals surface area contributed by atoms with E-state index in [0.29, 0.717) is 5.78 Å². The van der Waals surface area contributed by atoms with Gasteiger partial charge in [-0.1, -0.05) is 44.4 Å². The second-order valence-corrected chi connectivity index (χ2v) is 6.51. The van der Waals surface area contributed by atoms with Crippen molar-refractivity contribution in [2.45, 2.75) is 39.0 Å². The van der Waals surface area contributed by atoms with Crippen molar-refractivity contribution < 1.29 is 4.79 Å². The van der Waals surface area contributed by atoms with Gasteiger partial charge in [-0.25, -0.2) is 0 Å². The average molecular weight is 258 g/mol. The third-order valence-electron chi connectivity index (χ3n) is 4.23. The van der Waals surface area contributed by atoms with E-state index in [-0.39, 0.29) is 5.41 Å². The molecule has 1 aliphatic carbocycles. The SMILES string of the molecule is CC1(C(=O)c2csc3ccccc23)CCCCC1. The van der Waals surface area contributed by atoms with Crippen LogP contribution in [0.3, 0.4) is 0 Å². The van der Waals surface area contributed by atoms with Crippen molar-refractivity contribution in [3.8, 4) is 0 Å². The summed E-state index contributed by atoms with van der Waals surface area (Å²) in [5, 5.41) is 3.19. The first-order valence-corrected chi connectivity index (χ1v) is 7.60. The fourth-order valence-electron chi connectivity index (χ4n) is 3.04. The molecule has 1 heterocycles. The molecule has 0 bridgehead atoms. The first-order valence-electron chi connectivity index (χ1n) is 6.72. The molecule has 2 aromatic rings. The minimum absolute atomic E-state index is 0.123. The molecular formula is C16H18OS. The van der Waals surface area contributed by atoms with E-state index in [9.17, 15) is 4.79 Å². The number of carbonyl (C=O) groups is 1. The zero-order chi connectivity index (χ0) is 12.6. The highest BCUT2D eigenvalue weighted by Crippen LogP contribution is 2.40. The summed E-state index contributed by atoms with van der Waals surface area (Å²) in [6.07, 6.45) is 5.79. The Morgan fingerprint density at radius 1 is 1.17 bits per heavy atom. The van der Waals surface area contributed by atoms with Crippen LogP contribution in [0.4, 0.5) is 0 Å². The summed E-state index contributed by atoms with van der Waals surface area (Å²) in [4.78, 5) is 12.8. The molecule has 0 radical (unpaired) electrons. The van der Waals surface area contributed by atoms with Crippen molar-refractivity contribution in [1.82, 2.24) is 0 Å². The quantitative estimate of drug-likeness (QED) is 0.688. The highest BCUT2D eigenvalue weighted by atomic mass is 32.1. The molecule has 3 rings (SSSR count). The summed E-state index contributed by atoms with van der Waals surface area (Å²) in [7, 11) is 0. The zero-order valence-electron chi connectivity index (χ0n) is 10.7. The molecule has 0 aliphatic heterocycles. The Bertz CT molecular complexity index is 576. The molecule has 1 saturated carbocycles. The van der Waals surface area contributed by atoms with Gasteiger partial charge in [0.25, 0.3) is 0 Å². The van der Waals surface area contributed by atoms with Crippen LogP contribution in [0.1, 0.15) is 49.4 Å². The molecule has 0 N–H and O–H groups in total. The minimum Gasteiger partial charge on any atom is -0.294 e. The highest BCUT2D eigenvalue weighted by Gasteiger charge is 2.35. The molecule has 0 saturated heterocycles. The van der Waals surface area contributed by atoms with Gasteiger partial charge in [-0.2, -0.15) is 0 Å². The number of thiophene rings is 1. The Morgan fingerprint density at radius 2 is 1.89 bits per heavy atom. The Labute approximate surface area is 112 Å². The Hall–Kier alpha value is -1.15. The zero-order valence-corrected chi connectivity index (χ0v) is 11.6. The number of Topliss-reactive ketones (excluding diaryl/α,β-unsaturated/α-hetero) is 1. The lowest BCUT2D eigenvalue weighted by Crippen LogP contribution is -2.30. The number of fused-ring (bicyclic) bond motifs is 1. The van der Waals surface area contributed by atoms with Crippen molar-refractivity contribution in [2.24, 2.45) is 5.41 Å². The number of ketones is 1. The predicted octanol–water partition coefficient (Wildman–Crippen LogP) is 5.05. The van der Waals surface area contributed by atoms with E-state index in [2.05, 4.69) is 19.1 Å². The lowest BCUT2D eigenvalue weighted by atomic mass is 9.71. The fourth-order valence-corrected chi connectivity index (χ4v) is 3.98. The van der Waals surface area contributed by atoms with Gasteiger partial charge in [0.05, 0.1) is 0 Å². The van der Waals surface area contributed by atoms with E-state index in [4.69, 9.17) is 0 Å². The number of hydrogen-bond acceptors (Lipinski definition) is 2. The Morgan fingerprint density at radius 3 is 2.67 bits per heavy atom. The van der Waals surface area contributed by atoms with Crippen molar-refractivity contribution in [1.29, 1.82) is 0 Å². The number of carbonyl (C=O) groups excluding carboxylic acids is 1. The van der Waals surface area contributed by atoms with E-state index in [1.807, 2.05) is 17.5 Å². The maximum absolute atomic E-state index is 12.8. The Kier molecular flexibility index (Phi) is 2.98. The van der Waals surface area contributed by atoms with E-state index in [0.717, 1.165) is 23.8 Å². The van der Waals surface area contributed by atoms with Crippen LogP contribution < -0.4 is 0 Å². The second kappa shape index (κ2) is 4.51. The van der Waals surface area contributed by atoms with Gasteiger partial charge in [0, 0.05) is 26.4 Å². The van der Waals surface area contributed by atoms with Crippen LogP contribution in [-0.4, -0.2) is 5.78 Å². The molecule has 0 atom stereocenters. The molecule has 1 aromatic carbocycles. The van der Waals surface area contributed by atoms with E-state index in [1.54, 1.807) is 11.3 Å². The molecule has 0 unspecified atom stereocenters. The monoisotopic (exact) mass is 258 g/mol. The van der Waals surface area contributed by atoms with Crippen LogP contribution in [0.25, 0.3) is 10.1 Å². The molecular weight excluding hydrogens is 240 g/mol. The van der Waals surface area contributed by atoms with E-state index in [1.165, 1.54) is 24.0 Å². The van der Waals surface area contributed by atoms with Crippen LogP contribution in [-0.2, 0) is 0 Å². The maximum Gasteiger partial charge on any atom is 0.170 e. The standard InChI is InChI=1S/C16H18OS/c1-16(9-5-2-6-10-16)15(17)13-11-18-14-8-4-3-7-12(13)14/h3-4,7-8,11H,2,5-6,9-10H2,1H3. The first kappa shape index (κ1) is 11.9. The number of hydrogen-bond donors (Lipinski definition) is 0. The van der Waals surface area contributed by atoms with Crippen molar-refractivity contribution in [3.05, 3.63) is 35.2 Å². The molecule has 1 aromatic heterocycles. The molecule has 2 heteroatoms. The molecule has 0 amide bonds. The lowest BCUT2D eigenvalue weighted by Gasteiger charge is -2.31. The molecule has 0 spiro atoms. The summed E-state index contributed by atoms with van der Waals surface area (Å²) in [5.74, 6) is 0.361. The predicted molar refractivity (Wildman–Crippen MR) is 77.3 cm³/mol. The van der Waals surface area contributed by atoms with Gasteiger partial charge in [0.2, 0.25) is 0 Å². The largest absolute Gasteiger partial charge is 0.294 e. The molecule has 94 valence electrons. The van der Waals surface area contributed by atoms with Crippen molar-refractivity contribution >= 4 is 27.2 Å². The summed E-state index contributed by atoms with van der Waals surface area (Å²) in [5.41, 5.74) is 0.822. The van der Waals surface area contributed by atoms with Gasteiger partial charge >= 0.3 is 0 Å². The van der Waals surface area contributed by atoms with Crippen LogP contribution in [0, 0.1) is 5.41 Å². The van der Waals surface area contributed by atoms with Gasteiger partial charge in [0.1, 0.15) is 0 Å². The number of rotatable bonds is 2. The van der Waals surface area contributed by atoms with Crippen molar-refractivity contribution in [3.63, 3.8) is 0 Å².